The Morgan fingerprint density at radius 2 is 1.00 bits per heavy atom. The first-order valence-electron chi connectivity index (χ1n) is 15.1. The van der Waals surface area contributed by atoms with Crippen LogP contribution in [0.15, 0.2) is 35.3 Å². The van der Waals surface area contributed by atoms with E-state index >= 15 is 0 Å². The van der Waals surface area contributed by atoms with Gasteiger partial charge in [-0.3, -0.25) is 0 Å². The number of thiophene rings is 1. The Labute approximate surface area is 250 Å². The maximum atomic E-state index is 2.36. The number of thioether (sulfide) groups is 4. The minimum Gasteiger partial charge on any atom is -0.140 e. The lowest BCUT2D eigenvalue weighted by Gasteiger charge is -2.05. The fourth-order valence-corrected chi connectivity index (χ4v) is 11.8. The van der Waals surface area contributed by atoms with Crippen LogP contribution in [-0.2, 0) is 0 Å². The van der Waals surface area contributed by atoms with Crippen molar-refractivity contribution in [2.45, 2.75) is 143 Å². The molecule has 0 unspecified atom stereocenters. The van der Waals surface area contributed by atoms with Gasteiger partial charge in [-0.1, -0.05) is 151 Å². The maximum Gasteiger partial charge on any atom is 0.0703 e. The van der Waals surface area contributed by atoms with Crippen LogP contribution in [-0.4, -0.2) is 0 Å². The van der Waals surface area contributed by atoms with Crippen molar-refractivity contribution in [1.29, 1.82) is 0 Å². The molecule has 0 saturated heterocycles. The van der Waals surface area contributed by atoms with Crippen LogP contribution in [0.25, 0.3) is 4.91 Å². The van der Waals surface area contributed by atoms with Crippen LogP contribution in [0.4, 0.5) is 0 Å². The van der Waals surface area contributed by atoms with Gasteiger partial charge in [0.05, 0.1) is 8.47 Å². The summed E-state index contributed by atoms with van der Waals surface area (Å²) in [5.41, 5.74) is 0. The fraction of sp³-hybridized carbons (Fsp3) is 0.688. The Balaban J connectivity index is 1.48. The van der Waals surface area contributed by atoms with Gasteiger partial charge in [0, 0.05) is 19.6 Å². The molecule has 2 aliphatic heterocycles. The van der Waals surface area contributed by atoms with Gasteiger partial charge in [-0.15, -0.1) is 11.3 Å². The molecule has 0 saturated carbocycles. The van der Waals surface area contributed by atoms with Crippen LogP contribution in [0, 0.1) is 6.92 Å². The highest BCUT2D eigenvalue weighted by Crippen LogP contribution is 2.63. The van der Waals surface area contributed by atoms with Gasteiger partial charge in [-0.2, -0.15) is 0 Å². The molecule has 3 heterocycles. The van der Waals surface area contributed by atoms with Gasteiger partial charge in [-0.25, -0.2) is 0 Å². The van der Waals surface area contributed by atoms with Crippen LogP contribution < -0.4 is 0 Å². The Morgan fingerprint density at radius 1 is 0.514 bits per heavy atom. The Morgan fingerprint density at radius 3 is 1.54 bits per heavy atom. The van der Waals surface area contributed by atoms with E-state index in [4.69, 9.17) is 0 Å². The molecule has 0 aromatic carbocycles. The van der Waals surface area contributed by atoms with E-state index < -0.39 is 0 Å². The molecule has 0 N–H and O–H groups in total. The van der Waals surface area contributed by atoms with Crippen LogP contribution in [0.2, 0.25) is 0 Å². The molecule has 0 amide bonds. The lowest BCUT2D eigenvalue weighted by molar-refractivity contribution is 0.577. The van der Waals surface area contributed by atoms with E-state index in [1.165, 1.54) is 125 Å². The Kier molecular flexibility index (Phi) is 16.0. The summed E-state index contributed by atoms with van der Waals surface area (Å²) in [5.74, 6) is 0. The number of hydrogen-bond donors (Lipinski definition) is 0. The zero-order valence-electron chi connectivity index (χ0n) is 23.9. The number of allylic oxidation sites excluding steroid dienone is 3. The molecule has 0 bridgehead atoms. The second-order valence-electron chi connectivity index (χ2n) is 10.6. The molecular formula is C32H50S5. The standard InChI is InChI=1S/C32H50S5/c1-5-7-9-11-13-15-17-19-21-27-26(4)34-31(35-27)32-36-28(22-20-18-16-14-12-10-8-6-2)30(37-32)29-24-23-25(3)33-29/h23-24H,5-22H2,1-4H3/b32-31-. The molecule has 37 heavy (non-hydrogen) atoms. The minimum absolute atomic E-state index is 1.25. The SMILES string of the molecule is CCCCCCCCCCC1=C(C)S/C(=C2\SC(CCCCCCCCCC)=C(c3ccc(C)s3)S2)S1. The molecule has 0 atom stereocenters. The smallest absolute Gasteiger partial charge is 0.0703 e. The van der Waals surface area contributed by atoms with E-state index in [-0.39, 0.29) is 0 Å². The molecule has 0 nitrogen and oxygen atoms in total. The van der Waals surface area contributed by atoms with Crippen molar-refractivity contribution in [1.82, 2.24) is 0 Å². The van der Waals surface area contributed by atoms with Crippen molar-refractivity contribution in [3.8, 4) is 0 Å². The first kappa shape index (κ1) is 31.8. The highest BCUT2D eigenvalue weighted by molar-refractivity contribution is 8.35. The highest BCUT2D eigenvalue weighted by Gasteiger charge is 2.29. The van der Waals surface area contributed by atoms with Gasteiger partial charge in [0.25, 0.3) is 0 Å². The number of unbranched alkanes of at least 4 members (excludes halogenated alkanes) is 14. The summed E-state index contributed by atoms with van der Waals surface area (Å²) in [4.78, 5) is 9.30. The molecule has 1 aromatic heterocycles. The Hall–Kier alpha value is 0.320. The lowest BCUT2D eigenvalue weighted by atomic mass is 10.1. The van der Waals surface area contributed by atoms with E-state index in [1.807, 2.05) is 11.3 Å². The average Bonchev–Trinajstić information content (AvgIpc) is 3.61. The summed E-state index contributed by atoms with van der Waals surface area (Å²) in [7, 11) is 0. The highest BCUT2D eigenvalue weighted by atomic mass is 32.2. The summed E-state index contributed by atoms with van der Waals surface area (Å²) in [6.45, 7) is 9.21. The van der Waals surface area contributed by atoms with Crippen molar-refractivity contribution in [3.63, 3.8) is 0 Å². The molecule has 1 aromatic rings. The summed E-state index contributed by atoms with van der Waals surface area (Å²) in [5, 5.41) is 0. The predicted octanol–water partition coefficient (Wildman–Crippen LogP) is 14.1. The predicted molar refractivity (Wildman–Crippen MR) is 181 cm³/mol. The Bertz CT molecular complexity index is 904. The fourth-order valence-electron chi connectivity index (χ4n) is 4.87. The van der Waals surface area contributed by atoms with E-state index in [0.717, 1.165) is 0 Å². The quantitative estimate of drug-likeness (QED) is 0.146. The van der Waals surface area contributed by atoms with Crippen molar-refractivity contribution >= 4 is 63.3 Å². The van der Waals surface area contributed by atoms with Crippen molar-refractivity contribution in [2.24, 2.45) is 0 Å². The largest absolute Gasteiger partial charge is 0.140 e. The van der Waals surface area contributed by atoms with Crippen LogP contribution >= 0.6 is 58.4 Å². The third-order valence-corrected chi connectivity index (χ3v) is 14.3. The van der Waals surface area contributed by atoms with Gasteiger partial charge in [0.1, 0.15) is 0 Å². The van der Waals surface area contributed by atoms with Crippen molar-refractivity contribution < 1.29 is 0 Å². The van der Waals surface area contributed by atoms with E-state index in [0.29, 0.717) is 0 Å². The summed E-state index contributed by atoms with van der Waals surface area (Å²) in [6, 6.07) is 4.65. The van der Waals surface area contributed by atoms with Gasteiger partial charge in [0.15, 0.2) is 0 Å². The lowest BCUT2D eigenvalue weighted by Crippen LogP contribution is -1.83. The number of hydrogen-bond acceptors (Lipinski definition) is 5. The molecule has 0 spiro atoms. The molecule has 0 fully saturated rings. The topological polar surface area (TPSA) is 0 Å². The van der Waals surface area contributed by atoms with Gasteiger partial charge in [0.2, 0.25) is 0 Å². The number of aryl methyl sites for hydroxylation is 1. The molecule has 2 aliphatic rings. The zero-order valence-corrected chi connectivity index (χ0v) is 28.0. The molecule has 5 heteroatoms. The van der Waals surface area contributed by atoms with Gasteiger partial charge >= 0.3 is 0 Å². The van der Waals surface area contributed by atoms with Gasteiger partial charge < -0.3 is 0 Å². The summed E-state index contributed by atoms with van der Waals surface area (Å²) < 4.78 is 3.11. The normalized spacial score (nSPS) is 18.2. The molecule has 0 aliphatic carbocycles. The third-order valence-electron chi connectivity index (χ3n) is 7.16. The minimum atomic E-state index is 1.25. The zero-order chi connectivity index (χ0) is 26.3. The van der Waals surface area contributed by atoms with E-state index in [2.05, 4.69) is 86.9 Å². The maximum absolute atomic E-state index is 2.36. The molecule has 0 radical (unpaired) electrons. The summed E-state index contributed by atoms with van der Waals surface area (Å²) >= 11 is 10.3. The summed E-state index contributed by atoms with van der Waals surface area (Å²) in [6.07, 6.45) is 24.9. The van der Waals surface area contributed by atoms with Crippen molar-refractivity contribution in [2.75, 3.05) is 0 Å². The van der Waals surface area contributed by atoms with Crippen LogP contribution in [0.3, 0.4) is 0 Å². The first-order valence-corrected chi connectivity index (χ1v) is 19.2. The monoisotopic (exact) mass is 594 g/mol. The van der Waals surface area contributed by atoms with E-state index in [1.54, 1.807) is 28.1 Å². The van der Waals surface area contributed by atoms with Crippen molar-refractivity contribution in [3.05, 3.63) is 45.1 Å². The number of rotatable bonds is 19. The van der Waals surface area contributed by atoms with Crippen LogP contribution in [0.1, 0.15) is 146 Å². The molecule has 208 valence electrons. The van der Waals surface area contributed by atoms with Crippen LogP contribution in [0.5, 0.6) is 0 Å². The molecular weight excluding hydrogens is 545 g/mol. The third kappa shape index (κ3) is 11.4. The second-order valence-corrected chi connectivity index (χ2v) is 16.8. The van der Waals surface area contributed by atoms with Gasteiger partial charge in [-0.05, 0) is 61.5 Å². The van der Waals surface area contributed by atoms with E-state index in [9.17, 15) is 0 Å². The average molecular weight is 595 g/mol. The molecule has 3 rings (SSSR count). The second kappa shape index (κ2) is 18.6. The first-order chi connectivity index (χ1) is 18.1.